The van der Waals surface area contributed by atoms with Gasteiger partial charge in [0, 0.05) is 12.8 Å². The summed E-state index contributed by atoms with van der Waals surface area (Å²) in [6.45, 7) is 2.71. The van der Waals surface area contributed by atoms with Crippen molar-refractivity contribution in [3.05, 3.63) is 12.2 Å². The highest BCUT2D eigenvalue weighted by atomic mass is 31.2. The first-order valence-electron chi connectivity index (χ1n) is 18.7. The summed E-state index contributed by atoms with van der Waals surface area (Å²) in [6, 6.07) is -1.52. The van der Waals surface area contributed by atoms with Gasteiger partial charge in [0.25, 0.3) is 0 Å². The first-order valence-corrected chi connectivity index (χ1v) is 20.2. The molecule has 0 aromatic carbocycles. The summed E-state index contributed by atoms with van der Waals surface area (Å²) in [5.41, 5.74) is 5.31. The van der Waals surface area contributed by atoms with Crippen molar-refractivity contribution in [3.8, 4) is 0 Å². The number of carbonyl (C=O) groups excluding carboxylic acids is 2. The van der Waals surface area contributed by atoms with E-state index in [0.29, 0.717) is 12.8 Å². The number of phosphoric ester groups is 1. The number of hydrogen-bond acceptors (Lipinski definition) is 9. The van der Waals surface area contributed by atoms with E-state index in [0.717, 1.165) is 64.2 Å². The second kappa shape index (κ2) is 32.4. The Hall–Kier alpha value is -1.78. The second-order valence-corrected chi connectivity index (χ2v) is 14.2. The lowest BCUT2D eigenvalue weighted by Gasteiger charge is -2.20. The van der Waals surface area contributed by atoms with Crippen LogP contribution in [0.5, 0.6) is 0 Å². The summed E-state index contributed by atoms with van der Waals surface area (Å²) >= 11 is 0. The van der Waals surface area contributed by atoms with Crippen LogP contribution in [0.4, 0.5) is 0 Å². The van der Waals surface area contributed by atoms with Gasteiger partial charge in [-0.3, -0.25) is 23.4 Å². The molecule has 0 rings (SSSR count). The van der Waals surface area contributed by atoms with E-state index < -0.39 is 51.1 Å². The Morgan fingerprint density at radius 2 is 1.08 bits per heavy atom. The first kappa shape index (κ1) is 46.2. The number of esters is 2. The number of aliphatic carboxylic acids is 1. The minimum absolute atomic E-state index is 0.153. The Kier molecular flexibility index (Phi) is 31.2. The van der Waals surface area contributed by atoms with Crippen LogP contribution in [0.2, 0.25) is 0 Å². The van der Waals surface area contributed by atoms with Crippen molar-refractivity contribution in [3.63, 3.8) is 0 Å². The van der Waals surface area contributed by atoms with Crippen molar-refractivity contribution in [2.75, 3.05) is 19.8 Å². The fourth-order valence-electron chi connectivity index (χ4n) is 5.01. The normalized spacial score (nSPS) is 14.1. The number of carbonyl (C=O) groups is 3. The van der Waals surface area contributed by atoms with Crippen molar-refractivity contribution >= 4 is 25.7 Å². The highest BCUT2D eigenvalue weighted by molar-refractivity contribution is 7.47. The minimum atomic E-state index is -4.70. The SMILES string of the molecule is CCC/C=C\CCCCCCCC(=O)OC(COC(=O)CCCCCCCCCCCCCCCC)COP(=O)(O)OCC(N)C(=O)O. The third-order valence-corrected chi connectivity index (χ3v) is 8.95. The molecule has 0 saturated heterocycles. The van der Waals surface area contributed by atoms with Gasteiger partial charge in [-0.2, -0.15) is 0 Å². The number of hydrogen-bond donors (Lipinski definition) is 3. The molecule has 0 bridgehead atoms. The fraction of sp³-hybridized carbons (Fsp3) is 0.861. The van der Waals surface area contributed by atoms with Crippen LogP contribution in [0.3, 0.4) is 0 Å². The van der Waals surface area contributed by atoms with Crippen molar-refractivity contribution in [2.45, 2.75) is 180 Å². The molecule has 0 radical (unpaired) electrons. The zero-order chi connectivity index (χ0) is 35.7. The Labute approximate surface area is 290 Å². The van der Waals surface area contributed by atoms with Gasteiger partial charge in [-0.25, -0.2) is 4.57 Å². The Morgan fingerprint density at radius 1 is 0.625 bits per heavy atom. The van der Waals surface area contributed by atoms with Gasteiger partial charge in [-0.05, 0) is 32.1 Å². The predicted molar refractivity (Wildman–Crippen MR) is 189 cm³/mol. The van der Waals surface area contributed by atoms with Crippen molar-refractivity contribution in [1.82, 2.24) is 0 Å². The molecule has 48 heavy (non-hydrogen) atoms. The van der Waals surface area contributed by atoms with Gasteiger partial charge in [0.05, 0.1) is 13.2 Å². The topological polar surface area (TPSA) is 172 Å². The summed E-state index contributed by atoms with van der Waals surface area (Å²) in [4.78, 5) is 45.6. The van der Waals surface area contributed by atoms with Gasteiger partial charge in [0.1, 0.15) is 12.6 Å². The molecule has 0 fully saturated rings. The average molecular weight is 706 g/mol. The molecule has 0 amide bonds. The largest absolute Gasteiger partial charge is 0.480 e. The van der Waals surface area contributed by atoms with Gasteiger partial charge in [-0.1, -0.05) is 135 Å². The van der Waals surface area contributed by atoms with E-state index >= 15 is 0 Å². The lowest BCUT2D eigenvalue weighted by molar-refractivity contribution is -0.161. The molecular formula is C36H68NO10P. The molecule has 3 unspecified atom stereocenters. The molecule has 0 aromatic rings. The van der Waals surface area contributed by atoms with Crippen LogP contribution in [0.1, 0.15) is 168 Å². The lowest BCUT2D eigenvalue weighted by atomic mass is 10.0. The number of carboxylic acid groups (broad SMARTS) is 1. The summed E-state index contributed by atoms with van der Waals surface area (Å²) in [7, 11) is -4.70. The lowest BCUT2D eigenvalue weighted by Crippen LogP contribution is -2.34. The van der Waals surface area contributed by atoms with E-state index in [4.69, 9.17) is 24.8 Å². The fourth-order valence-corrected chi connectivity index (χ4v) is 5.79. The van der Waals surface area contributed by atoms with Gasteiger partial charge >= 0.3 is 25.7 Å². The van der Waals surface area contributed by atoms with Crippen LogP contribution >= 0.6 is 7.82 Å². The van der Waals surface area contributed by atoms with Crippen LogP contribution in [-0.2, 0) is 37.5 Å². The molecule has 11 nitrogen and oxygen atoms in total. The minimum Gasteiger partial charge on any atom is -0.480 e. The third kappa shape index (κ3) is 31.5. The Balaban J connectivity index is 4.41. The van der Waals surface area contributed by atoms with Crippen LogP contribution in [0.25, 0.3) is 0 Å². The zero-order valence-electron chi connectivity index (χ0n) is 30.1. The Bertz CT molecular complexity index is 885. The van der Waals surface area contributed by atoms with E-state index in [1.165, 1.54) is 64.2 Å². The van der Waals surface area contributed by atoms with Crippen LogP contribution < -0.4 is 5.73 Å². The van der Waals surface area contributed by atoms with Crippen LogP contribution in [0.15, 0.2) is 12.2 Å². The molecular weight excluding hydrogens is 637 g/mol. The van der Waals surface area contributed by atoms with Gasteiger partial charge in [0.15, 0.2) is 6.10 Å². The highest BCUT2D eigenvalue weighted by Gasteiger charge is 2.28. The quantitative estimate of drug-likeness (QED) is 0.0249. The molecule has 282 valence electrons. The van der Waals surface area contributed by atoms with E-state index in [9.17, 15) is 23.8 Å². The monoisotopic (exact) mass is 705 g/mol. The molecule has 0 aliphatic carbocycles. The maximum absolute atomic E-state index is 12.5. The van der Waals surface area contributed by atoms with E-state index in [1.54, 1.807) is 0 Å². The maximum Gasteiger partial charge on any atom is 0.472 e. The molecule has 0 heterocycles. The number of unbranched alkanes of at least 4 members (excludes halogenated alkanes) is 19. The summed E-state index contributed by atoms with van der Waals surface area (Å²) < 4.78 is 32.5. The Morgan fingerprint density at radius 3 is 1.60 bits per heavy atom. The van der Waals surface area contributed by atoms with Crippen molar-refractivity contribution in [1.29, 1.82) is 0 Å². The number of ether oxygens (including phenoxy) is 2. The number of nitrogens with two attached hydrogens (primary N) is 1. The summed E-state index contributed by atoms with van der Waals surface area (Å²) in [5, 5.41) is 8.84. The molecule has 0 aliphatic rings. The first-order chi connectivity index (χ1) is 23.1. The van der Waals surface area contributed by atoms with Gasteiger partial charge < -0.3 is 25.2 Å². The number of carboxylic acids is 1. The average Bonchev–Trinajstić information content (AvgIpc) is 3.05. The standard InChI is InChI=1S/C36H68NO10P/c1-3-5-7-9-11-13-15-16-17-18-20-21-23-25-27-34(38)44-29-32(30-45-48(42,43)46-31-33(37)36(40)41)47-35(39)28-26-24-22-19-14-12-10-8-6-4-2/h8,10,32-33H,3-7,9,11-31,37H2,1-2H3,(H,40,41)(H,42,43)/b10-8-. The predicted octanol–water partition coefficient (Wildman–Crippen LogP) is 8.95. The molecule has 12 heteroatoms. The second-order valence-electron chi connectivity index (χ2n) is 12.7. The van der Waals surface area contributed by atoms with Gasteiger partial charge in [-0.15, -0.1) is 0 Å². The smallest absolute Gasteiger partial charge is 0.472 e. The molecule has 3 atom stereocenters. The number of phosphoric acid groups is 1. The molecule has 0 spiro atoms. The number of allylic oxidation sites excluding steroid dienone is 2. The number of rotatable bonds is 35. The highest BCUT2D eigenvalue weighted by Crippen LogP contribution is 2.43. The van der Waals surface area contributed by atoms with E-state index in [2.05, 4.69) is 30.5 Å². The van der Waals surface area contributed by atoms with E-state index in [1.807, 2.05) is 0 Å². The van der Waals surface area contributed by atoms with Crippen molar-refractivity contribution < 1.29 is 47.5 Å². The van der Waals surface area contributed by atoms with Crippen LogP contribution in [-0.4, -0.2) is 59.9 Å². The van der Waals surface area contributed by atoms with Crippen molar-refractivity contribution in [2.24, 2.45) is 5.73 Å². The summed E-state index contributed by atoms with van der Waals surface area (Å²) in [6.07, 6.45) is 28.6. The van der Waals surface area contributed by atoms with E-state index in [-0.39, 0.29) is 19.4 Å². The summed E-state index contributed by atoms with van der Waals surface area (Å²) in [5.74, 6) is -2.39. The van der Waals surface area contributed by atoms with Gasteiger partial charge in [0.2, 0.25) is 0 Å². The van der Waals surface area contributed by atoms with Crippen LogP contribution in [0, 0.1) is 0 Å². The molecule has 4 N–H and O–H groups in total. The maximum atomic E-state index is 12.5. The zero-order valence-corrected chi connectivity index (χ0v) is 31.0. The molecule has 0 aliphatic heterocycles. The molecule has 0 saturated carbocycles. The molecule has 0 aromatic heterocycles. The third-order valence-electron chi connectivity index (χ3n) is 7.99.